The molecule has 1 heterocycles. The van der Waals surface area contributed by atoms with E-state index in [-0.39, 0.29) is 11.3 Å². The quantitative estimate of drug-likeness (QED) is 0.864. The molecular weight excluding hydrogens is 300 g/mol. The lowest BCUT2D eigenvalue weighted by Gasteiger charge is -2.11. The fourth-order valence-corrected chi connectivity index (χ4v) is 2.27. The van der Waals surface area contributed by atoms with Crippen LogP contribution in [0.1, 0.15) is 21.7 Å². The summed E-state index contributed by atoms with van der Waals surface area (Å²) in [6.07, 6.45) is -4.48. The van der Waals surface area contributed by atoms with E-state index in [1.807, 2.05) is 5.32 Å². The zero-order valence-electron chi connectivity index (χ0n) is 12.0. The molecule has 118 valence electrons. The van der Waals surface area contributed by atoms with E-state index < -0.39 is 24.4 Å². The summed E-state index contributed by atoms with van der Waals surface area (Å²) in [7, 11) is 0. The summed E-state index contributed by atoms with van der Waals surface area (Å²) >= 11 is 0. The van der Waals surface area contributed by atoms with E-state index in [0.29, 0.717) is 11.4 Å². The van der Waals surface area contributed by atoms with E-state index in [0.717, 1.165) is 0 Å². The van der Waals surface area contributed by atoms with Crippen molar-refractivity contribution in [2.45, 2.75) is 20.0 Å². The monoisotopic (exact) mass is 314 g/mol. The highest BCUT2D eigenvalue weighted by Gasteiger charge is 2.28. The molecule has 0 unspecified atom stereocenters. The summed E-state index contributed by atoms with van der Waals surface area (Å²) in [6.45, 7) is 1.80. The minimum Gasteiger partial charge on any atom is -0.343 e. The van der Waals surface area contributed by atoms with Crippen molar-refractivity contribution in [3.05, 3.63) is 53.1 Å². The molecule has 0 aliphatic heterocycles. The van der Waals surface area contributed by atoms with Gasteiger partial charge >= 0.3 is 6.18 Å². The number of nitrogens with zero attached hydrogens (tertiary/aromatic N) is 1. The SMILES string of the molecule is Cc1cc(C(=O)NCC(F)(F)F)c(C)n1-c1ccccc1F. The largest absolute Gasteiger partial charge is 0.405 e. The van der Waals surface area contributed by atoms with Crippen LogP contribution in [-0.2, 0) is 0 Å². The standard InChI is InChI=1S/C15H14F4N2O/c1-9-7-11(14(22)20-8-15(17,18)19)10(2)21(9)13-6-4-3-5-12(13)16/h3-7H,8H2,1-2H3,(H,20,22). The lowest BCUT2D eigenvalue weighted by molar-refractivity contribution is -0.123. The Morgan fingerprint density at radius 3 is 2.45 bits per heavy atom. The van der Waals surface area contributed by atoms with Crippen LogP contribution in [0.15, 0.2) is 30.3 Å². The van der Waals surface area contributed by atoms with Crippen LogP contribution in [0.4, 0.5) is 17.6 Å². The number of hydrogen-bond donors (Lipinski definition) is 1. The van der Waals surface area contributed by atoms with Gasteiger partial charge in [-0.25, -0.2) is 4.39 Å². The van der Waals surface area contributed by atoms with Crippen molar-refractivity contribution in [3.8, 4) is 5.69 Å². The van der Waals surface area contributed by atoms with Crippen molar-refractivity contribution >= 4 is 5.91 Å². The normalized spacial score (nSPS) is 11.5. The summed E-state index contributed by atoms with van der Waals surface area (Å²) in [5.41, 5.74) is 1.26. The molecule has 22 heavy (non-hydrogen) atoms. The number of rotatable bonds is 3. The maximum Gasteiger partial charge on any atom is 0.405 e. The molecule has 1 aromatic carbocycles. The van der Waals surface area contributed by atoms with Crippen molar-refractivity contribution in [1.82, 2.24) is 9.88 Å². The van der Waals surface area contributed by atoms with E-state index >= 15 is 0 Å². The number of carbonyl (C=O) groups is 1. The number of carbonyl (C=O) groups excluding carboxylic acids is 1. The van der Waals surface area contributed by atoms with E-state index in [2.05, 4.69) is 0 Å². The van der Waals surface area contributed by atoms with Crippen molar-refractivity contribution in [2.24, 2.45) is 0 Å². The summed E-state index contributed by atoms with van der Waals surface area (Å²) < 4.78 is 51.9. The fraction of sp³-hybridized carbons (Fsp3) is 0.267. The van der Waals surface area contributed by atoms with Gasteiger partial charge in [0.2, 0.25) is 0 Å². The first-order chi connectivity index (χ1) is 10.2. The van der Waals surface area contributed by atoms with E-state index in [1.165, 1.54) is 28.8 Å². The molecule has 1 amide bonds. The lowest BCUT2D eigenvalue weighted by atomic mass is 10.2. The Labute approximate surface area is 124 Å². The zero-order chi connectivity index (χ0) is 16.5. The second-order valence-electron chi connectivity index (χ2n) is 4.87. The number of amides is 1. The van der Waals surface area contributed by atoms with E-state index in [4.69, 9.17) is 0 Å². The number of halogens is 4. The molecule has 0 atom stereocenters. The van der Waals surface area contributed by atoms with E-state index in [1.54, 1.807) is 19.9 Å². The second-order valence-corrected chi connectivity index (χ2v) is 4.87. The van der Waals surface area contributed by atoms with Gasteiger partial charge < -0.3 is 9.88 Å². The number of aryl methyl sites for hydroxylation is 1. The molecule has 0 bridgehead atoms. The molecule has 2 rings (SSSR count). The van der Waals surface area contributed by atoms with Gasteiger partial charge in [-0.15, -0.1) is 0 Å². The van der Waals surface area contributed by atoms with Gasteiger partial charge in [-0.1, -0.05) is 12.1 Å². The topological polar surface area (TPSA) is 34.0 Å². The minimum atomic E-state index is -4.48. The molecule has 1 aromatic heterocycles. The van der Waals surface area contributed by atoms with Crippen molar-refractivity contribution in [2.75, 3.05) is 6.54 Å². The highest BCUT2D eigenvalue weighted by molar-refractivity contribution is 5.95. The predicted octanol–water partition coefficient (Wildman–Crippen LogP) is 3.53. The maximum atomic E-state index is 13.9. The Morgan fingerprint density at radius 2 is 1.86 bits per heavy atom. The molecule has 0 saturated carbocycles. The fourth-order valence-electron chi connectivity index (χ4n) is 2.27. The molecule has 0 saturated heterocycles. The molecule has 1 N–H and O–H groups in total. The van der Waals surface area contributed by atoms with Gasteiger partial charge in [0.1, 0.15) is 12.4 Å². The number of nitrogens with one attached hydrogen (secondary N) is 1. The van der Waals surface area contributed by atoms with Crippen molar-refractivity contribution in [3.63, 3.8) is 0 Å². The average Bonchev–Trinajstić information content (AvgIpc) is 2.72. The Balaban J connectivity index is 2.36. The highest BCUT2D eigenvalue weighted by Crippen LogP contribution is 2.23. The zero-order valence-corrected chi connectivity index (χ0v) is 12.0. The van der Waals surface area contributed by atoms with Crippen LogP contribution in [0.2, 0.25) is 0 Å². The van der Waals surface area contributed by atoms with Crippen molar-refractivity contribution < 1.29 is 22.4 Å². The van der Waals surface area contributed by atoms with Crippen LogP contribution in [0.5, 0.6) is 0 Å². The van der Waals surface area contributed by atoms with Crippen LogP contribution in [0.25, 0.3) is 5.69 Å². The van der Waals surface area contributed by atoms with Crippen molar-refractivity contribution in [1.29, 1.82) is 0 Å². The third-order valence-electron chi connectivity index (χ3n) is 3.22. The Hall–Kier alpha value is -2.31. The van der Waals surface area contributed by atoms with Gasteiger partial charge in [0.15, 0.2) is 0 Å². The Morgan fingerprint density at radius 1 is 1.23 bits per heavy atom. The van der Waals surface area contributed by atoms with Gasteiger partial charge in [-0.3, -0.25) is 4.79 Å². The second kappa shape index (κ2) is 5.82. The Bertz CT molecular complexity index is 704. The summed E-state index contributed by atoms with van der Waals surface area (Å²) in [5.74, 6) is -1.32. The Kier molecular flexibility index (Phi) is 4.25. The summed E-state index contributed by atoms with van der Waals surface area (Å²) in [5, 5.41) is 1.82. The predicted molar refractivity (Wildman–Crippen MR) is 73.6 cm³/mol. The first-order valence-electron chi connectivity index (χ1n) is 6.49. The number of benzene rings is 1. The molecule has 3 nitrogen and oxygen atoms in total. The molecule has 0 spiro atoms. The number of alkyl halides is 3. The molecular formula is C15H14F4N2O. The highest BCUT2D eigenvalue weighted by atomic mass is 19.4. The van der Waals surface area contributed by atoms with Crippen LogP contribution in [0, 0.1) is 19.7 Å². The average molecular weight is 314 g/mol. The lowest BCUT2D eigenvalue weighted by Crippen LogP contribution is -2.33. The molecule has 0 fully saturated rings. The summed E-state index contributed by atoms with van der Waals surface area (Å²) in [4.78, 5) is 11.9. The molecule has 0 aliphatic rings. The molecule has 7 heteroatoms. The van der Waals surface area contributed by atoms with Gasteiger partial charge in [-0.05, 0) is 32.0 Å². The van der Waals surface area contributed by atoms with Crippen LogP contribution < -0.4 is 5.32 Å². The molecule has 0 radical (unpaired) electrons. The van der Waals surface area contributed by atoms with Gasteiger partial charge in [0, 0.05) is 11.4 Å². The smallest absolute Gasteiger partial charge is 0.343 e. The number of aromatic nitrogens is 1. The van der Waals surface area contributed by atoms with Crippen LogP contribution in [0.3, 0.4) is 0 Å². The first kappa shape index (κ1) is 16.1. The number of hydrogen-bond acceptors (Lipinski definition) is 1. The van der Waals surface area contributed by atoms with Gasteiger partial charge in [0.05, 0.1) is 11.3 Å². The van der Waals surface area contributed by atoms with Crippen LogP contribution in [-0.4, -0.2) is 23.2 Å². The van der Waals surface area contributed by atoms with Gasteiger partial charge in [-0.2, -0.15) is 13.2 Å². The third-order valence-corrected chi connectivity index (χ3v) is 3.22. The van der Waals surface area contributed by atoms with Crippen LogP contribution >= 0.6 is 0 Å². The summed E-state index contributed by atoms with van der Waals surface area (Å²) in [6, 6.07) is 7.42. The third kappa shape index (κ3) is 3.29. The van der Waals surface area contributed by atoms with E-state index in [9.17, 15) is 22.4 Å². The minimum absolute atomic E-state index is 0.0880. The molecule has 2 aromatic rings. The van der Waals surface area contributed by atoms with Gasteiger partial charge in [0.25, 0.3) is 5.91 Å². The maximum absolute atomic E-state index is 13.9. The number of para-hydroxylation sites is 1. The molecule has 0 aliphatic carbocycles. The first-order valence-corrected chi connectivity index (χ1v) is 6.49.